The molecule has 4 rings (SSSR count). The predicted octanol–water partition coefficient (Wildman–Crippen LogP) is 2.93. The summed E-state index contributed by atoms with van der Waals surface area (Å²) in [5.41, 5.74) is 0.103. The Labute approximate surface area is 133 Å². The molecular weight excluding hydrogens is 276 g/mol. The van der Waals surface area contributed by atoms with Crippen LogP contribution in [0.1, 0.15) is 65.2 Å². The van der Waals surface area contributed by atoms with Crippen molar-refractivity contribution in [3.8, 4) is 0 Å². The third kappa shape index (κ3) is 1.84. The minimum atomic E-state index is -0.557. The maximum Gasteiger partial charge on any atom is 0.139 e. The van der Waals surface area contributed by atoms with Gasteiger partial charge in [0.05, 0.1) is 12.2 Å². The van der Waals surface area contributed by atoms with E-state index in [1.165, 1.54) is 12.8 Å². The van der Waals surface area contributed by atoms with Crippen molar-refractivity contribution in [3.63, 3.8) is 0 Å². The molecule has 4 aliphatic rings. The molecule has 4 saturated carbocycles. The molecule has 4 aliphatic carbocycles. The van der Waals surface area contributed by atoms with Gasteiger partial charge in [0.1, 0.15) is 5.78 Å². The zero-order chi connectivity index (χ0) is 15.7. The lowest BCUT2D eigenvalue weighted by atomic mass is 9.45. The Bertz CT molecular complexity index is 489. The fourth-order valence-electron chi connectivity index (χ4n) is 7.05. The molecule has 2 N–H and O–H groups in total. The normalized spacial score (nSPS) is 57.9. The van der Waals surface area contributed by atoms with Crippen molar-refractivity contribution in [1.29, 1.82) is 0 Å². The number of hydrogen-bond acceptors (Lipinski definition) is 3. The molecule has 0 aromatic rings. The van der Waals surface area contributed by atoms with Gasteiger partial charge in [0, 0.05) is 11.8 Å². The molecule has 4 fully saturated rings. The van der Waals surface area contributed by atoms with E-state index < -0.39 is 12.2 Å². The minimum absolute atomic E-state index is 0.0584. The molecular formula is C19H30O3. The fraction of sp³-hybridized carbons (Fsp3) is 0.947. The largest absolute Gasteiger partial charge is 0.390 e. The summed E-state index contributed by atoms with van der Waals surface area (Å²) < 4.78 is 0. The molecule has 0 aromatic heterocycles. The van der Waals surface area contributed by atoms with Crippen LogP contribution in [0, 0.1) is 34.5 Å². The number of aliphatic hydroxyl groups excluding tert-OH is 2. The zero-order valence-electron chi connectivity index (χ0n) is 13.9. The molecule has 0 bridgehead atoms. The Balaban J connectivity index is 1.65. The molecule has 0 radical (unpaired) electrons. The second-order valence-electron chi connectivity index (χ2n) is 9.15. The van der Waals surface area contributed by atoms with E-state index in [9.17, 15) is 15.0 Å². The summed E-state index contributed by atoms with van der Waals surface area (Å²) in [5, 5.41) is 20.3. The Morgan fingerprint density at radius 1 is 1.00 bits per heavy atom. The molecule has 0 aliphatic heterocycles. The summed E-state index contributed by atoms with van der Waals surface area (Å²) in [6.45, 7) is 4.58. The van der Waals surface area contributed by atoms with Gasteiger partial charge < -0.3 is 10.2 Å². The quantitative estimate of drug-likeness (QED) is 0.723. The first-order chi connectivity index (χ1) is 10.4. The summed E-state index contributed by atoms with van der Waals surface area (Å²) in [7, 11) is 0. The lowest BCUT2D eigenvalue weighted by Gasteiger charge is -2.60. The van der Waals surface area contributed by atoms with Crippen molar-refractivity contribution in [1.82, 2.24) is 0 Å². The van der Waals surface area contributed by atoms with E-state index in [1.54, 1.807) is 0 Å². The first-order valence-corrected chi connectivity index (χ1v) is 9.25. The van der Waals surface area contributed by atoms with Crippen molar-refractivity contribution in [2.24, 2.45) is 34.5 Å². The first-order valence-electron chi connectivity index (χ1n) is 9.25. The number of ketones is 1. The monoisotopic (exact) mass is 306 g/mol. The lowest BCUT2D eigenvalue weighted by molar-refractivity contribution is -0.160. The first kappa shape index (κ1) is 15.1. The van der Waals surface area contributed by atoms with Gasteiger partial charge in [-0.1, -0.05) is 13.8 Å². The Hall–Kier alpha value is -0.410. The van der Waals surface area contributed by atoms with Crippen LogP contribution in [0.5, 0.6) is 0 Å². The third-order valence-electron chi connectivity index (χ3n) is 8.39. The van der Waals surface area contributed by atoms with Crippen LogP contribution >= 0.6 is 0 Å². The van der Waals surface area contributed by atoms with E-state index in [0.717, 1.165) is 38.5 Å². The molecule has 0 saturated heterocycles. The van der Waals surface area contributed by atoms with Crippen LogP contribution in [0.15, 0.2) is 0 Å². The molecule has 124 valence electrons. The summed E-state index contributed by atoms with van der Waals surface area (Å²) in [5.74, 6) is 2.92. The number of Topliss-reactive ketones (excluding diaryl/α,β-unsaturated/α-hetero) is 1. The van der Waals surface area contributed by atoms with Crippen molar-refractivity contribution in [2.45, 2.75) is 77.4 Å². The highest BCUT2D eigenvalue weighted by atomic mass is 16.3. The Morgan fingerprint density at radius 3 is 2.55 bits per heavy atom. The van der Waals surface area contributed by atoms with E-state index in [0.29, 0.717) is 29.5 Å². The maximum absolute atomic E-state index is 12.4. The summed E-state index contributed by atoms with van der Waals surface area (Å²) in [6, 6.07) is 0. The Kier molecular flexibility index (Phi) is 3.30. The lowest BCUT2D eigenvalue weighted by Crippen LogP contribution is -2.56. The van der Waals surface area contributed by atoms with Crippen LogP contribution in [0.25, 0.3) is 0 Å². The maximum atomic E-state index is 12.4. The second kappa shape index (κ2) is 4.80. The van der Waals surface area contributed by atoms with Gasteiger partial charge in [0.15, 0.2) is 0 Å². The van der Waals surface area contributed by atoms with Crippen molar-refractivity contribution in [3.05, 3.63) is 0 Å². The fourth-order valence-corrected chi connectivity index (χ4v) is 7.05. The van der Waals surface area contributed by atoms with Crippen LogP contribution in [-0.4, -0.2) is 28.2 Å². The van der Waals surface area contributed by atoms with Gasteiger partial charge in [-0.15, -0.1) is 0 Å². The second-order valence-corrected chi connectivity index (χ2v) is 9.15. The molecule has 0 amide bonds. The number of rotatable bonds is 0. The van der Waals surface area contributed by atoms with Gasteiger partial charge in [-0.05, 0) is 74.0 Å². The van der Waals surface area contributed by atoms with E-state index in [-0.39, 0.29) is 10.8 Å². The molecule has 3 nitrogen and oxygen atoms in total. The third-order valence-corrected chi connectivity index (χ3v) is 8.39. The molecule has 0 aromatic carbocycles. The smallest absolute Gasteiger partial charge is 0.139 e. The standard InChI is InChI=1S/C19H30O3/c1-18-8-7-14-12(13(18)5-6-17(18)22)4-3-11-9-15(20)16(21)10-19(11,14)2/h11-16,20-21H,3-10H2,1-2H3/t11-,12-,13-,14-,15-,16-,18-,19-/m0/s1. The molecule has 22 heavy (non-hydrogen) atoms. The molecule has 0 unspecified atom stereocenters. The minimum Gasteiger partial charge on any atom is -0.390 e. The van der Waals surface area contributed by atoms with E-state index in [1.807, 2.05) is 0 Å². The highest BCUT2D eigenvalue weighted by molar-refractivity contribution is 5.87. The van der Waals surface area contributed by atoms with Crippen LogP contribution in [0.4, 0.5) is 0 Å². The Morgan fingerprint density at radius 2 is 1.77 bits per heavy atom. The van der Waals surface area contributed by atoms with Gasteiger partial charge in [0.2, 0.25) is 0 Å². The highest BCUT2D eigenvalue weighted by Gasteiger charge is 2.60. The SMILES string of the molecule is C[C@]12C[C@H](O)[C@@H](O)C[C@@H]1CC[C@@H]1[C@@H]2CC[C@]2(C)C(=O)CC[C@@H]12. The molecule has 0 spiro atoms. The van der Waals surface area contributed by atoms with E-state index >= 15 is 0 Å². The van der Waals surface area contributed by atoms with E-state index in [4.69, 9.17) is 0 Å². The molecule has 0 heterocycles. The van der Waals surface area contributed by atoms with Gasteiger partial charge >= 0.3 is 0 Å². The average molecular weight is 306 g/mol. The van der Waals surface area contributed by atoms with Gasteiger partial charge in [0.25, 0.3) is 0 Å². The average Bonchev–Trinajstić information content (AvgIpc) is 2.77. The van der Waals surface area contributed by atoms with Crippen LogP contribution in [0.3, 0.4) is 0 Å². The molecule has 8 atom stereocenters. The van der Waals surface area contributed by atoms with Crippen molar-refractivity contribution in [2.75, 3.05) is 0 Å². The van der Waals surface area contributed by atoms with Crippen molar-refractivity contribution >= 4 is 5.78 Å². The van der Waals surface area contributed by atoms with Crippen LogP contribution in [-0.2, 0) is 4.79 Å². The van der Waals surface area contributed by atoms with Crippen molar-refractivity contribution < 1.29 is 15.0 Å². The predicted molar refractivity (Wildman–Crippen MR) is 84.1 cm³/mol. The van der Waals surface area contributed by atoms with Crippen LogP contribution in [0.2, 0.25) is 0 Å². The van der Waals surface area contributed by atoms with Gasteiger partial charge in [-0.2, -0.15) is 0 Å². The van der Waals surface area contributed by atoms with Gasteiger partial charge in [-0.25, -0.2) is 0 Å². The number of hydrogen-bond donors (Lipinski definition) is 2. The number of carbonyl (C=O) groups is 1. The molecule has 3 heteroatoms. The summed E-state index contributed by atoms with van der Waals surface area (Å²) in [6.07, 6.45) is 6.87. The number of fused-ring (bicyclic) bond motifs is 5. The zero-order valence-corrected chi connectivity index (χ0v) is 13.9. The topological polar surface area (TPSA) is 57.5 Å². The number of carbonyl (C=O) groups excluding carboxylic acids is 1. The van der Waals surface area contributed by atoms with Gasteiger partial charge in [-0.3, -0.25) is 4.79 Å². The van der Waals surface area contributed by atoms with Crippen LogP contribution < -0.4 is 0 Å². The highest BCUT2D eigenvalue weighted by Crippen LogP contribution is 2.65. The summed E-state index contributed by atoms with van der Waals surface area (Å²) in [4.78, 5) is 12.4. The number of aliphatic hydroxyl groups is 2. The van der Waals surface area contributed by atoms with E-state index in [2.05, 4.69) is 13.8 Å². The summed E-state index contributed by atoms with van der Waals surface area (Å²) >= 11 is 0.